The maximum Gasteiger partial charge on any atom is 0.335 e. The van der Waals surface area contributed by atoms with E-state index in [1.165, 1.54) is 13.8 Å². The Labute approximate surface area is 189 Å². The molecule has 0 aliphatic rings. The number of allylic oxidation sites excluding steroid dienone is 1. The number of carbonyl (C=O) groups is 2. The molecule has 0 saturated carbocycles. The molecule has 0 fully saturated rings. The van der Waals surface area contributed by atoms with Gasteiger partial charge in [0.25, 0.3) is 0 Å². The SMILES string of the molecule is Cc1cc(C)cc(C(=O)c2cccn2CC=Cc2ccc(COC(C)(C)C(=O)O)cc2)c1. The number of carboxylic acids is 1. The van der Waals surface area contributed by atoms with Crippen molar-refractivity contribution in [1.82, 2.24) is 4.57 Å². The lowest BCUT2D eigenvalue weighted by atomic mass is 10.0. The second-order valence-corrected chi connectivity index (χ2v) is 8.50. The summed E-state index contributed by atoms with van der Waals surface area (Å²) in [6.07, 6.45) is 5.92. The van der Waals surface area contributed by atoms with Gasteiger partial charge in [0, 0.05) is 18.3 Å². The van der Waals surface area contributed by atoms with E-state index in [9.17, 15) is 9.59 Å². The molecule has 1 heterocycles. The number of hydrogen-bond acceptors (Lipinski definition) is 3. The number of rotatable bonds is 9. The number of nitrogens with zero attached hydrogens (tertiary/aromatic N) is 1. The zero-order chi connectivity index (χ0) is 23.3. The summed E-state index contributed by atoms with van der Waals surface area (Å²) in [5.41, 5.74) is 4.22. The summed E-state index contributed by atoms with van der Waals surface area (Å²) in [7, 11) is 0. The molecule has 0 bridgehead atoms. The zero-order valence-corrected chi connectivity index (χ0v) is 19.0. The van der Waals surface area contributed by atoms with Crippen molar-refractivity contribution in [2.45, 2.75) is 46.4 Å². The van der Waals surface area contributed by atoms with Gasteiger partial charge in [-0.05, 0) is 63.1 Å². The maximum atomic E-state index is 13.0. The first-order chi connectivity index (χ1) is 15.2. The van der Waals surface area contributed by atoms with Gasteiger partial charge < -0.3 is 14.4 Å². The summed E-state index contributed by atoms with van der Waals surface area (Å²) in [5, 5.41) is 9.12. The van der Waals surface area contributed by atoms with Gasteiger partial charge in [0.15, 0.2) is 5.60 Å². The van der Waals surface area contributed by atoms with Crippen molar-refractivity contribution in [1.29, 1.82) is 0 Å². The van der Waals surface area contributed by atoms with Crippen LogP contribution in [0.25, 0.3) is 6.08 Å². The van der Waals surface area contributed by atoms with E-state index in [2.05, 4.69) is 6.07 Å². The lowest BCUT2D eigenvalue weighted by Crippen LogP contribution is -2.34. The molecule has 3 aromatic rings. The predicted octanol–water partition coefficient (Wildman–Crippen LogP) is 5.43. The second kappa shape index (κ2) is 9.79. The van der Waals surface area contributed by atoms with Crippen molar-refractivity contribution in [2.24, 2.45) is 0 Å². The van der Waals surface area contributed by atoms with Crippen LogP contribution in [0.1, 0.15) is 52.2 Å². The van der Waals surface area contributed by atoms with Crippen molar-refractivity contribution in [3.8, 4) is 0 Å². The van der Waals surface area contributed by atoms with E-state index >= 15 is 0 Å². The number of ether oxygens (including phenoxy) is 1. The van der Waals surface area contributed by atoms with Crippen LogP contribution >= 0.6 is 0 Å². The highest BCUT2D eigenvalue weighted by molar-refractivity contribution is 6.08. The third-order valence-corrected chi connectivity index (χ3v) is 5.25. The molecule has 32 heavy (non-hydrogen) atoms. The molecule has 1 N–H and O–H groups in total. The number of benzene rings is 2. The molecule has 0 aliphatic heterocycles. The summed E-state index contributed by atoms with van der Waals surface area (Å²) in [6, 6.07) is 17.4. The first-order valence-corrected chi connectivity index (χ1v) is 10.6. The van der Waals surface area contributed by atoms with Gasteiger partial charge in [-0.1, -0.05) is 53.6 Å². The minimum absolute atomic E-state index is 0.0174. The molecule has 5 nitrogen and oxygen atoms in total. The lowest BCUT2D eigenvalue weighted by Gasteiger charge is -2.20. The van der Waals surface area contributed by atoms with Crippen LogP contribution in [0, 0.1) is 13.8 Å². The van der Waals surface area contributed by atoms with E-state index < -0.39 is 11.6 Å². The van der Waals surface area contributed by atoms with Gasteiger partial charge in [0.05, 0.1) is 12.3 Å². The Hall–Kier alpha value is -3.44. The van der Waals surface area contributed by atoms with Gasteiger partial charge in [-0.15, -0.1) is 0 Å². The molecular formula is C27H29NO4. The first kappa shape index (κ1) is 23.2. The third-order valence-electron chi connectivity index (χ3n) is 5.25. The van der Waals surface area contributed by atoms with E-state index in [-0.39, 0.29) is 12.4 Å². The van der Waals surface area contributed by atoms with Gasteiger partial charge in [-0.3, -0.25) is 4.79 Å². The smallest absolute Gasteiger partial charge is 0.335 e. The summed E-state index contributed by atoms with van der Waals surface area (Å²) in [4.78, 5) is 24.1. The monoisotopic (exact) mass is 431 g/mol. The van der Waals surface area contributed by atoms with Crippen molar-refractivity contribution in [2.75, 3.05) is 0 Å². The summed E-state index contributed by atoms with van der Waals surface area (Å²) >= 11 is 0. The molecule has 1 aromatic heterocycles. The Bertz CT molecular complexity index is 1120. The first-order valence-electron chi connectivity index (χ1n) is 10.6. The lowest BCUT2D eigenvalue weighted by molar-refractivity contribution is -0.162. The van der Waals surface area contributed by atoms with Gasteiger partial charge in [-0.25, -0.2) is 4.79 Å². The van der Waals surface area contributed by atoms with Crippen LogP contribution in [0.4, 0.5) is 0 Å². The Morgan fingerprint density at radius 3 is 2.31 bits per heavy atom. The molecule has 166 valence electrons. The number of carbonyl (C=O) groups excluding carboxylic acids is 1. The average Bonchev–Trinajstić information content (AvgIpc) is 3.20. The van der Waals surface area contributed by atoms with Crippen LogP contribution < -0.4 is 0 Å². The molecule has 0 amide bonds. The van der Waals surface area contributed by atoms with E-state index in [0.717, 1.165) is 22.3 Å². The largest absolute Gasteiger partial charge is 0.479 e. The van der Waals surface area contributed by atoms with Crippen molar-refractivity contribution in [3.05, 3.63) is 100 Å². The maximum absolute atomic E-state index is 13.0. The highest BCUT2D eigenvalue weighted by Crippen LogP contribution is 2.16. The summed E-state index contributed by atoms with van der Waals surface area (Å²) < 4.78 is 7.42. The summed E-state index contributed by atoms with van der Waals surface area (Å²) in [6.45, 7) is 7.87. The van der Waals surface area contributed by atoms with Crippen molar-refractivity contribution in [3.63, 3.8) is 0 Å². The van der Waals surface area contributed by atoms with Crippen LogP contribution in [-0.4, -0.2) is 27.0 Å². The third kappa shape index (κ3) is 5.83. The number of hydrogen-bond donors (Lipinski definition) is 1. The minimum Gasteiger partial charge on any atom is -0.479 e. The molecule has 0 unspecified atom stereocenters. The van der Waals surface area contributed by atoms with Crippen LogP contribution in [0.3, 0.4) is 0 Å². The van der Waals surface area contributed by atoms with Crippen LogP contribution in [0.2, 0.25) is 0 Å². The molecule has 3 rings (SSSR count). The minimum atomic E-state index is -1.22. The Morgan fingerprint density at radius 1 is 1.03 bits per heavy atom. The number of aliphatic carboxylic acids is 1. The number of aryl methyl sites for hydroxylation is 2. The van der Waals surface area contributed by atoms with Crippen molar-refractivity contribution >= 4 is 17.8 Å². The Kier molecular flexibility index (Phi) is 7.11. The molecule has 5 heteroatoms. The molecule has 0 saturated heterocycles. The molecule has 0 radical (unpaired) electrons. The number of ketones is 1. The second-order valence-electron chi connectivity index (χ2n) is 8.50. The van der Waals surface area contributed by atoms with Crippen LogP contribution in [-0.2, 0) is 22.7 Å². The van der Waals surface area contributed by atoms with E-state index in [1.54, 1.807) is 0 Å². The van der Waals surface area contributed by atoms with Gasteiger partial charge in [0.2, 0.25) is 5.78 Å². The predicted molar refractivity (Wildman–Crippen MR) is 126 cm³/mol. The standard InChI is InChI=1S/C27H29NO4/c1-19-15-20(2)17-23(16-19)25(29)24-8-6-14-28(24)13-5-7-21-9-11-22(12-10-21)18-32-27(3,4)26(30)31/h5-12,14-17H,13,18H2,1-4H3,(H,30,31). The molecule has 0 spiro atoms. The fourth-order valence-corrected chi connectivity index (χ4v) is 3.39. The van der Waals surface area contributed by atoms with E-state index in [4.69, 9.17) is 9.84 Å². The number of carboxylic acid groups (broad SMARTS) is 1. The Morgan fingerprint density at radius 2 is 1.69 bits per heavy atom. The van der Waals surface area contributed by atoms with Gasteiger partial charge >= 0.3 is 5.97 Å². The van der Waals surface area contributed by atoms with Crippen LogP contribution in [0.15, 0.2) is 66.9 Å². The highest BCUT2D eigenvalue weighted by Gasteiger charge is 2.27. The fraction of sp³-hybridized carbons (Fsp3) is 0.259. The normalized spacial score (nSPS) is 11.8. The molecular weight excluding hydrogens is 402 g/mol. The van der Waals surface area contributed by atoms with E-state index in [0.29, 0.717) is 17.8 Å². The molecule has 2 aromatic carbocycles. The highest BCUT2D eigenvalue weighted by atomic mass is 16.5. The van der Waals surface area contributed by atoms with Crippen LogP contribution in [0.5, 0.6) is 0 Å². The molecule has 0 atom stereocenters. The zero-order valence-electron chi connectivity index (χ0n) is 19.0. The van der Waals surface area contributed by atoms with E-state index in [1.807, 2.05) is 85.3 Å². The quantitative estimate of drug-likeness (QED) is 0.459. The fourth-order valence-electron chi connectivity index (χ4n) is 3.39. The summed E-state index contributed by atoms with van der Waals surface area (Å²) in [5.74, 6) is -0.971. The number of aromatic nitrogens is 1. The Balaban J connectivity index is 1.63. The molecule has 0 aliphatic carbocycles. The topological polar surface area (TPSA) is 68.5 Å². The average molecular weight is 432 g/mol. The van der Waals surface area contributed by atoms with Gasteiger partial charge in [0.1, 0.15) is 0 Å². The van der Waals surface area contributed by atoms with Crippen molar-refractivity contribution < 1.29 is 19.4 Å². The van der Waals surface area contributed by atoms with Gasteiger partial charge in [-0.2, -0.15) is 0 Å².